The van der Waals surface area contributed by atoms with Crippen molar-refractivity contribution >= 4 is 40.7 Å². The van der Waals surface area contributed by atoms with Crippen LogP contribution in [-0.2, 0) is 9.59 Å². The Bertz CT molecular complexity index is 529. The first-order valence-electron chi connectivity index (χ1n) is 7.07. The zero-order valence-electron chi connectivity index (χ0n) is 13.2. The van der Waals surface area contributed by atoms with E-state index in [1.807, 2.05) is 13.8 Å². The summed E-state index contributed by atoms with van der Waals surface area (Å²) in [7, 11) is 1.80. The lowest BCUT2D eigenvalue weighted by molar-refractivity contribution is -0.885. The molecule has 1 rings (SSSR count). The van der Waals surface area contributed by atoms with E-state index in [0.29, 0.717) is 15.7 Å². The molecule has 0 heterocycles. The molecule has 122 valence electrons. The van der Waals surface area contributed by atoms with E-state index in [2.05, 4.69) is 10.6 Å². The quantitative estimate of drug-likeness (QED) is 0.728. The number of amides is 2. The van der Waals surface area contributed by atoms with Gasteiger partial charge in [-0.05, 0) is 39.0 Å². The van der Waals surface area contributed by atoms with Gasteiger partial charge in [0.25, 0.3) is 11.8 Å². The zero-order valence-corrected chi connectivity index (χ0v) is 14.7. The summed E-state index contributed by atoms with van der Waals surface area (Å²) in [6.07, 6.45) is 0. The molecule has 0 spiro atoms. The van der Waals surface area contributed by atoms with Gasteiger partial charge in [-0.25, -0.2) is 0 Å². The van der Waals surface area contributed by atoms with Crippen molar-refractivity contribution in [1.82, 2.24) is 5.32 Å². The maximum Gasteiger partial charge on any atom is 0.282 e. The molecule has 5 nitrogen and oxygen atoms in total. The van der Waals surface area contributed by atoms with E-state index in [-0.39, 0.29) is 24.4 Å². The maximum atomic E-state index is 12.2. The summed E-state index contributed by atoms with van der Waals surface area (Å²) in [5.74, 6) is -0.286. The predicted molar refractivity (Wildman–Crippen MR) is 89.6 cm³/mol. The average molecular weight is 347 g/mol. The Kier molecular flexibility index (Phi) is 7.13. The van der Waals surface area contributed by atoms with E-state index >= 15 is 0 Å². The van der Waals surface area contributed by atoms with Gasteiger partial charge in [0.1, 0.15) is 0 Å². The highest BCUT2D eigenvalue weighted by Gasteiger charge is 2.24. The lowest BCUT2D eigenvalue weighted by Crippen LogP contribution is -3.15. The predicted octanol–water partition coefficient (Wildman–Crippen LogP) is 1.36. The minimum atomic E-state index is -0.393. The maximum absolute atomic E-state index is 12.2. The molecule has 0 aromatic heterocycles. The number of likely N-dealkylation sites (N-methyl/N-ethyl adjacent to an activating group) is 1. The van der Waals surface area contributed by atoms with Crippen molar-refractivity contribution in [3.63, 3.8) is 0 Å². The van der Waals surface area contributed by atoms with Crippen LogP contribution >= 0.6 is 23.2 Å². The largest absolute Gasteiger partial charge is 0.349 e. The highest BCUT2D eigenvalue weighted by molar-refractivity contribution is 6.35. The van der Waals surface area contributed by atoms with E-state index in [1.165, 1.54) is 0 Å². The topological polar surface area (TPSA) is 62.6 Å². The van der Waals surface area contributed by atoms with Gasteiger partial charge in [-0.2, -0.15) is 0 Å². The Morgan fingerprint density at radius 1 is 1.14 bits per heavy atom. The van der Waals surface area contributed by atoms with Crippen molar-refractivity contribution in [2.75, 3.05) is 18.9 Å². The lowest BCUT2D eigenvalue weighted by Gasteiger charge is -2.21. The van der Waals surface area contributed by atoms with Crippen LogP contribution in [0.4, 0.5) is 5.69 Å². The fourth-order valence-corrected chi connectivity index (χ4v) is 2.41. The first-order valence-corrected chi connectivity index (χ1v) is 7.83. The van der Waals surface area contributed by atoms with Crippen LogP contribution in [-0.4, -0.2) is 37.5 Å². The third kappa shape index (κ3) is 6.22. The summed E-state index contributed by atoms with van der Waals surface area (Å²) in [5.41, 5.74) is 0.536. The van der Waals surface area contributed by atoms with Crippen molar-refractivity contribution in [3.8, 4) is 0 Å². The lowest BCUT2D eigenvalue weighted by atomic mass is 10.2. The van der Waals surface area contributed by atoms with E-state index in [4.69, 9.17) is 23.2 Å². The van der Waals surface area contributed by atoms with Crippen LogP contribution in [0.2, 0.25) is 10.0 Å². The normalized spacial score (nSPS) is 13.6. The Labute approximate surface area is 141 Å². The molecular formula is C15H22Cl2N3O2+. The molecule has 2 amide bonds. The molecule has 0 aliphatic carbocycles. The number of halogens is 2. The molecule has 0 bridgehead atoms. The number of nitrogens with one attached hydrogen (secondary N) is 3. The van der Waals surface area contributed by atoms with Crippen molar-refractivity contribution in [2.24, 2.45) is 0 Å². The number of benzene rings is 1. The van der Waals surface area contributed by atoms with Crippen LogP contribution in [0.3, 0.4) is 0 Å². The number of hydrogen-bond donors (Lipinski definition) is 3. The third-order valence-corrected chi connectivity index (χ3v) is 3.59. The van der Waals surface area contributed by atoms with Crippen molar-refractivity contribution < 1.29 is 14.5 Å². The number of carbonyl (C=O) groups is 2. The van der Waals surface area contributed by atoms with Gasteiger partial charge in [0.2, 0.25) is 0 Å². The van der Waals surface area contributed by atoms with Gasteiger partial charge in [0.05, 0.1) is 7.05 Å². The van der Waals surface area contributed by atoms with Gasteiger partial charge in [0, 0.05) is 21.8 Å². The molecule has 0 aliphatic heterocycles. The number of anilines is 1. The standard InChI is InChI=1S/C15H21Cl2N3O2/c1-9(2)18-14(21)8-20(4)10(3)15(22)19-13-6-11(16)5-12(17)7-13/h5-7,9-10H,8H2,1-4H3,(H,18,21)(H,19,22)/p+1/t10-/m1/s1. The van der Waals surface area contributed by atoms with E-state index < -0.39 is 6.04 Å². The van der Waals surface area contributed by atoms with Crippen molar-refractivity contribution in [3.05, 3.63) is 28.2 Å². The zero-order chi connectivity index (χ0) is 16.9. The second kappa shape index (κ2) is 8.36. The van der Waals surface area contributed by atoms with Gasteiger partial charge in [-0.3, -0.25) is 9.59 Å². The number of hydrogen-bond acceptors (Lipinski definition) is 2. The molecule has 1 aromatic carbocycles. The minimum absolute atomic E-state index is 0.0815. The fraction of sp³-hybridized carbons (Fsp3) is 0.467. The molecule has 0 radical (unpaired) electrons. The molecule has 0 saturated heterocycles. The first-order chi connectivity index (χ1) is 10.2. The SMILES string of the molecule is CC(C)NC(=O)C[NH+](C)[C@H](C)C(=O)Nc1cc(Cl)cc(Cl)c1. The Balaban J connectivity index is 2.62. The Hall–Kier alpha value is -1.30. The third-order valence-electron chi connectivity index (χ3n) is 3.15. The van der Waals surface area contributed by atoms with E-state index in [9.17, 15) is 9.59 Å². The minimum Gasteiger partial charge on any atom is -0.349 e. The molecular weight excluding hydrogens is 325 g/mol. The van der Waals surface area contributed by atoms with Gasteiger partial charge in [-0.1, -0.05) is 23.2 Å². The summed E-state index contributed by atoms with van der Waals surface area (Å²) in [6.45, 7) is 5.78. The van der Waals surface area contributed by atoms with Crippen molar-refractivity contribution in [1.29, 1.82) is 0 Å². The summed E-state index contributed by atoms with van der Waals surface area (Å²) in [6, 6.07) is 4.53. The monoisotopic (exact) mass is 346 g/mol. The molecule has 2 atom stereocenters. The molecule has 3 N–H and O–H groups in total. The molecule has 0 aliphatic rings. The summed E-state index contributed by atoms with van der Waals surface area (Å²) < 4.78 is 0. The first kappa shape index (κ1) is 18.7. The number of quaternary nitrogens is 1. The van der Waals surface area contributed by atoms with Crippen molar-refractivity contribution in [2.45, 2.75) is 32.9 Å². The molecule has 0 saturated carbocycles. The van der Waals surface area contributed by atoms with E-state index in [0.717, 1.165) is 4.90 Å². The molecule has 22 heavy (non-hydrogen) atoms. The molecule has 1 unspecified atom stereocenters. The van der Waals surface area contributed by atoms with Crippen LogP contribution in [0.5, 0.6) is 0 Å². The molecule has 1 aromatic rings. The van der Waals surface area contributed by atoms with Crippen LogP contribution in [0, 0.1) is 0 Å². The van der Waals surface area contributed by atoms with Gasteiger partial charge in [0.15, 0.2) is 12.6 Å². The smallest absolute Gasteiger partial charge is 0.282 e. The van der Waals surface area contributed by atoms with E-state index in [1.54, 1.807) is 32.2 Å². The highest BCUT2D eigenvalue weighted by atomic mass is 35.5. The summed E-state index contributed by atoms with van der Waals surface area (Å²) >= 11 is 11.8. The van der Waals surface area contributed by atoms with Gasteiger partial charge in [-0.15, -0.1) is 0 Å². The Morgan fingerprint density at radius 3 is 2.18 bits per heavy atom. The number of carbonyl (C=O) groups excluding carboxylic acids is 2. The molecule has 7 heteroatoms. The van der Waals surface area contributed by atoms with Crippen LogP contribution in [0.1, 0.15) is 20.8 Å². The van der Waals surface area contributed by atoms with Gasteiger partial charge >= 0.3 is 0 Å². The second-order valence-electron chi connectivity index (χ2n) is 5.61. The highest BCUT2D eigenvalue weighted by Crippen LogP contribution is 2.22. The van der Waals surface area contributed by atoms with Crippen LogP contribution < -0.4 is 15.5 Å². The fourth-order valence-electron chi connectivity index (χ4n) is 1.88. The number of rotatable bonds is 6. The second-order valence-corrected chi connectivity index (χ2v) is 6.49. The molecule has 0 fully saturated rings. The summed E-state index contributed by atoms with van der Waals surface area (Å²) in [4.78, 5) is 24.8. The Morgan fingerprint density at radius 2 is 1.68 bits per heavy atom. The van der Waals surface area contributed by atoms with Crippen LogP contribution in [0.15, 0.2) is 18.2 Å². The van der Waals surface area contributed by atoms with Gasteiger partial charge < -0.3 is 15.5 Å². The summed E-state index contributed by atoms with van der Waals surface area (Å²) in [5, 5.41) is 6.47. The average Bonchev–Trinajstić information content (AvgIpc) is 2.35. The van der Waals surface area contributed by atoms with Crippen LogP contribution in [0.25, 0.3) is 0 Å².